The number of benzene rings is 2. The van der Waals surface area contributed by atoms with Gasteiger partial charge in [-0.3, -0.25) is 0 Å². The molecule has 1 unspecified atom stereocenters. The Morgan fingerprint density at radius 3 is 2.26 bits per heavy atom. The van der Waals surface area contributed by atoms with Gasteiger partial charge in [-0.05, 0) is 64.4 Å². The number of rotatable bonds is 5. The van der Waals surface area contributed by atoms with Gasteiger partial charge < -0.3 is 10.5 Å². The van der Waals surface area contributed by atoms with Gasteiger partial charge in [-0.1, -0.05) is 31.2 Å². The van der Waals surface area contributed by atoms with Crippen molar-refractivity contribution in [3.63, 3.8) is 0 Å². The van der Waals surface area contributed by atoms with Crippen molar-refractivity contribution >= 4 is 22.6 Å². The van der Waals surface area contributed by atoms with Crippen LogP contribution >= 0.6 is 22.6 Å². The smallest absolute Gasteiger partial charge is 0.119 e. The molecule has 0 saturated carbocycles. The second kappa shape index (κ2) is 6.91. The van der Waals surface area contributed by atoms with E-state index in [9.17, 15) is 0 Å². The monoisotopic (exact) mass is 367 g/mol. The summed E-state index contributed by atoms with van der Waals surface area (Å²) in [5, 5.41) is 0. The Morgan fingerprint density at radius 2 is 1.68 bits per heavy atom. The van der Waals surface area contributed by atoms with Crippen LogP contribution < -0.4 is 10.5 Å². The Kier molecular flexibility index (Phi) is 5.22. The molecule has 2 rings (SSSR count). The summed E-state index contributed by atoms with van der Waals surface area (Å²) in [4.78, 5) is 0. The first-order valence-electron chi connectivity index (χ1n) is 6.42. The molecule has 2 aromatic carbocycles. The van der Waals surface area contributed by atoms with Crippen LogP contribution in [0.25, 0.3) is 0 Å². The molecule has 0 heterocycles. The van der Waals surface area contributed by atoms with Crippen LogP contribution in [0.3, 0.4) is 0 Å². The SMILES string of the molecule is CCC(N)c1ccc(OCc2ccc(I)cc2)cc1. The highest BCUT2D eigenvalue weighted by molar-refractivity contribution is 14.1. The summed E-state index contributed by atoms with van der Waals surface area (Å²) in [6.45, 7) is 2.68. The van der Waals surface area contributed by atoms with Gasteiger partial charge in [-0.2, -0.15) is 0 Å². The van der Waals surface area contributed by atoms with Gasteiger partial charge in [0.15, 0.2) is 0 Å². The summed E-state index contributed by atoms with van der Waals surface area (Å²) < 4.78 is 6.99. The molecule has 2 N–H and O–H groups in total. The zero-order chi connectivity index (χ0) is 13.7. The molecule has 0 saturated heterocycles. The maximum absolute atomic E-state index is 5.98. The van der Waals surface area contributed by atoms with Crippen LogP contribution in [0.1, 0.15) is 30.5 Å². The van der Waals surface area contributed by atoms with E-state index >= 15 is 0 Å². The van der Waals surface area contributed by atoms with E-state index in [1.54, 1.807) is 0 Å². The molecule has 1 atom stereocenters. The first-order valence-corrected chi connectivity index (χ1v) is 7.49. The highest BCUT2D eigenvalue weighted by atomic mass is 127. The third-order valence-corrected chi connectivity index (χ3v) is 3.79. The minimum Gasteiger partial charge on any atom is -0.489 e. The fourth-order valence-corrected chi connectivity index (χ4v) is 2.15. The topological polar surface area (TPSA) is 35.2 Å². The number of ether oxygens (including phenoxy) is 1. The van der Waals surface area contributed by atoms with Crippen molar-refractivity contribution in [2.24, 2.45) is 5.73 Å². The summed E-state index contributed by atoms with van der Waals surface area (Å²) in [5.41, 5.74) is 8.31. The number of hydrogen-bond donors (Lipinski definition) is 1. The lowest BCUT2D eigenvalue weighted by atomic mass is 10.1. The van der Waals surface area contributed by atoms with Crippen LogP contribution in [0.15, 0.2) is 48.5 Å². The molecular weight excluding hydrogens is 349 g/mol. The van der Waals surface area contributed by atoms with Gasteiger partial charge in [0.05, 0.1) is 0 Å². The minimum atomic E-state index is 0.116. The third kappa shape index (κ3) is 4.21. The molecule has 19 heavy (non-hydrogen) atoms. The molecule has 3 heteroatoms. The van der Waals surface area contributed by atoms with E-state index in [-0.39, 0.29) is 6.04 Å². The quantitative estimate of drug-likeness (QED) is 0.801. The lowest BCUT2D eigenvalue weighted by molar-refractivity contribution is 0.306. The van der Waals surface area contributed by atoms with E-state index in [4.69, 9.17) is 10.5 Å². The molecule has 0 aliphatic rings. The molecule has 0 radical (unpaired) electrons. The van der Waals surface area contributed by atoms with Crippen molar-refractivity contribution in [2.45, 2.75) is 26.0 Å². The number of nitrogens with two attached hydrogens (primary N) is 1. The van der Waals surface area contributed by atoms with Crippen LogP contribution in [-0.4, -0.2) is 0 Å². The predicted molar refractivity (Wildman–Crippen MR) is 87.2 cm³/mol. The molecule has 0 spiro atoms. The zero-order valence-corrected chi connectivity index (χ0v) is 13.1. The lowest BCUT2D eigenvalue weighted by Crippen LogP contribution is -2.08. The maximum Gasteiger partial charge on any atom is 0.119 e. The highest BCUT2D eigenvalue weighted by Crippen LogP contribution is 2.19. The van der Waals surface area contributed by atoms with E-state index in [1.807, 2.05) is 24.3 Å². The van der Waals surface area contributed by atoms with Gasteiger partial charge in [0, 0.05) is 9.61 Å². The molecule has 0 aliphatic carbocycles. The molecule has 0 amide bonds. The second-order valence-electron chi connectivity index (χ2n) is 4.50. The minimum absolute atomic E-state index is 0.116. The average Bonchev–Trinajstić information content (AvgIpc) is 2.46. The molecule has 0 aliphatic heterocycles. The van der Waals surface area contributed by atoms with Crippen molar-refractivity contribution in [3.8, 4) is 5.75 Å². The normalized spacial score (nSPS) is 12.2. The van der Waals surface area contributed by atoms with E-state index < -0.39 is 0 Å². The summed E-state index contributed by atoms with van der Waals surface area (Å²) >= 11 is 2.30. The first-order chi connectivity index (χ1) is 9.19. The van der Waals surface area contributed by atoms with Crippen molar-refractivity contribution in [2.75, 3.05) is 0 Å². The van der Waals surface area contributed by atoms with Gasteiger partial charge in [0.2, 0.25) is 0 Å². The van der Waals surface area contributed by atoms with Crippen molar-refractivity contribution in [3.05, 3.63) is 63.2 Å². The molecule has 0 fully saturated rings. The number of hydrogen-bond acceptors (Lipinski definition) is 2. The van der Waals surface area contributed by atoms with Gasteiger partial charge in [-0.25, -0.2) is 0 Å². The van der Waals surface area contributed by atoms with Crippen LogP contribution in [-0.2, 0) is 6.61 Å². The van der Waals surface area contributed by atoms with Gasteiger partial charge in [0.1, 0.15) is 12.4 Å². The Balaban J connectivity index is 1.94. The largest absolute Gasteiger partial charge is 0.489 e. The van der Waals surface area contributed by atoms with Crippen molar-refractivity contribution in [1.29, 1.82) is 0 Å². The standard InChI is InChI=1S/C16H18INO/c1-2-16(18)13-5-9-15(10-6-13)19-11-12-3-7-14(17)8-4-12/h3-10,16H,2,11,18H2,1H3. The van der Waals surface area contributed by atoms with Gasteiger partial charge >= 0.3 is 0 Å². The van der Waals surface area contributed by atoms with E-state index in [1.165, 1.54) is 9.13 Å². The fraction of sp³-hybridized carbons (Fsp3) is 0.250. The van der Waals surface area contributed by atoms with Crippen LogP contribution in [0.4, 0.5) is 0 Å². The van der Waals surface area contributed by atoms with E-state index in [2.05, 4.69) is 53.8 Å². The lowest BCUT2D eigenvalue weighted by Gasteiger charge is -2.11. The zero-order valence-electron chi connectivity index (χ0n) is 11.0. The van der Waals surface area contributed by atoms with Crippen LogP contribution in [0.5, 0.6) is 5.75 Å². The van der Waals surface area contributed by atoms with Crippen molar-refractivity contribution in [1.82, 2.24) is 0 Å². The molecule has 2 nitrogen and oxygen atoms in total. The molecule has 0 aromatic heterocycles. The summed E-state index contributed by atoms with van der Waals surface area (Å²) in [7, 11) is 0. The summed E-state index contributed by atoms with van der Waals surface area (Å²) in [6.07, 6.45) is 0.947. The third-order valence-electron chi connectivity index (χ3n) is 3.07. The Hall–Kier alpha value is -1.07. The molecule has 0 bridgehead atoms. The average molecular weight is 367 g/mol. The predicted octanol–water partition coefficient (Wildman–Crippen LogP) is 4.28. The Morgan fingerprint density at radius 1 is 1.05 bits per heavy atom. The Bertz CT molecular complexity index is 507. The highest BCUT2D eigenvalue weighted by Gasteiger charge is 2.03. The fourth-order valence-electron chi connectivity index (χ4n) is 1.79. The van der Waals surface area contributed by atoms with E-state index in [0.29, 0.717) is 6.61 Å². The Labute approximate surface area is 128 Å². The van der Waals surface area contributed by atoms with Crippen LogP contribution in [0.2, 0.25) is 0 Å². The van der Waals surface area contributed by atoms with Gasteiger partial charge in [-0.15, -0.1) is 0 Å². The summed E-state index contributed by atoms with van der Waals surface area (Å²) in [6, 6.07) is 16.5. The second-order valence-corrected chi connectivity index (χ2v) is 5.74. The maximum atomic E-state index is 5.98. The van der Waals surface area contributed by atoms with Crippen LogP contribution in [0, 0.1) is 3.57 Å². The first kappa shape index (κ1) is 14.3. The summed E-state index contributed by atoms with van der Waals surface area (Å²) in [5.74, 6) is 0.880. The molecule has 100 valence electrons. The van der Waals surface area contributed by atoms with Gasteiger partial charge in [0.25, 0.3) is 0 Å². The molecular formula is C16H18INO. The van der Waals surface area contributed by atoms with E-state index in [0.717, 1.165) is 17.7 Å². The number of halogens is 1. The molecule has 2 aromatic rings. The van der Waals surface area contributed by atoms with Crippen molar-refractivity contribution < 1.29 is 4.74 Å².